The van der Waals surface area contributed by atoms with Crippen molar-refractivity contribution in [2.75, 3.05) is 37.9 Å². The van der Waals surface area contributed by atoms with E-state index in [9.17, 15) is 4.79 Å². The first-order valence-electron chi connectivity index (χ1n) is 5.51. The second-order valence-electron chi connectivity index (χ2n) is 3.61. The molecule has 0 fully saturated rings. The topological polar surface area (TPSA) is 67.6 Å². The Labute approximate surface area is 102 Å². The normalized spacial score (nSPS) is 9.82. The van der Waals surface area contributed by atoms with E-state index in [0.29, 0.717) is 12.2 Å². The van der Waals surface area contributed by atoms with Gasteiger partial charge in [0.15, 0.2) is 0 Å². The molecule has 0 aliphatic rings. The first kappa shape index (κ1) is 13.2. The molecular formula is C12H19N3O2. The fourth-order valence-electron chi connectivity index (χ4n) is 1.54. The minimum atomic E-state index is -0.0472. The van der Waals surface area contributed by atoms with Crippen molar-refractivity contribution in [3.05, 3.63) is 18.2 Å². The highest BCUT2D eigenvalue weighted by Crippen LogP contribution is 2.27. The number of likely N-dealkylation sites (N-methyl/N-ethyl adjacent to an activating group) is 2. The monoisotopic (exact) mass is 237 g/mol. The zero-order valence-electron chi connectivity index (χ0n) is 10.5. The number of hydrogen-bond donors (Lipinski definition) is 2. The first-order chi connectivity index (χ1) is 8.12. The lowest BCUT2D eigenvalue weighted by molar-refractivity contribution is -0.119. The molecule has 0 spiro atoms. The Balaban J connectivity index is 2.97. The molecule has 1 aromatic rings. The number of nitrogen functional groups attached to an aromatic ring is 1. The van der Waals surface area contributed by atoms with Crippen molar-refractivity contribution in [3.8, 4) is 5.75 Å². The molecule has 0 atom stereocenters. The molecule has 0 saturated carbocycles. The number of anilines is 2. The molecule has 0 heterocycles. The Morgan fingerprint density at radius 3 is 2.76 bits per heavy atom. The average Bonchev–Trinajstić information content (AvgIpc) is 2.36. The number of nitrogens with zero attached hydrogens (tertiary/aromatic N) is 1. The molecule has 1 rings (SSSR count). The van der Waals surface area contributed by atoms with Crippen LogP contribution in [0.2, 0.25) is 0 Å². The summed E-state index contributed by atoms with van der Waals surface area (Å²) in [6.45, 7) is 2.96. The third-order valence-electron chi connectivity index (χ3n) is 2.57. The van der Waals surface area contributed by atoms with Gasteiger partial charge in [-0.25, -0.2) is 0 Å². The summed E-state index contributed by atoms with van der Waals surface area (Å²) in [6.07, 6.45) is 0. The Morgan fingerprint density at radius 1 is 1.53 bits per heavy atom. The van der Waals surface area contributed by atoms with Gasteiger partial charge in [-0.2, -0.15) is 0 Å². The van der Waals surface area contributed by atoms with E-state index in [-0.39, 0.29) is 12.5 Å². The van der Waals surface area contributed by atoms with Gasteiger partial charge in [-0.05, 0) is 19.1 Å². The Morgan fingerprint density at radius 2 is 2.24 bits per heavy atom. The van der Waals surface area contributed by atoms with Crippen LogP contribution in [0.1, 0.15) is 6.92 Å². The van der Waals surface area contributed by atoms with E-state index in [4.69, 9.17) is 10.5 Å². The zero-order chi connectivity index (χ0) is 12.8. The lowest BCUT2D eigenvalue weighted by Crippen LogP contribution is -2.35. The van der Waals surface area contributed by atoms with Crippen LogP contribution in [0.3, 0.4) is 0 Å². The Bertz CT molecular complexity index is 393. The van der Waals surface area contributed by atoms with Gasteiger partial charge in [0.25, 0.3) is 0 Å². The third-order valence-corrected chi connectivity index (χ3v) is 2.57. The highest BCUT2D eigenvalue weighted by Gasteiger charge is 2.12. The van der Waals surface area contributed by atoms with Crippen LogP contribution in [-0.4, -0.2) is 33.2 Å². The van der Waals surface area contributed by atoms with Crippen molar-refractivity contribution in [2.45, 2.75) is 6.92 Å². The summed E-state index contributed by atoms with van der Waals surface area (Å²) in [4.78, 5) is 13.3. The molecule has 3 N–H and O–H groups in total. The molecule has 0 radical (unpaired) electrons. The lowest BCUT2D eigenvalue weighted by Gasteiger charge is -2.24. The number of benzene rings is 1. The third kappa shape index (κ3) is 3.27. The number of methoxy groups -OCH3 is 1. The van der Waals surface area contributed by atoms with Crippen molar-refractivity contribution < 1.29 is 9.53 Å². The zero-order valence-corrected chi connectivity index (χ0v) is 10.5. The van der Waals surface area contributed by atoms with Gasteiger partial charge in [-0.3, -0.25) is 4.79 Å². The number of hydrogen-bond acceptors (Lipinski definition) is 4. The maximum absolute atomic E-state index is 11.4. The number of carbonyl (C=O) groups excluding carboxylic acids is 1. The van der Waals surface area contributed by atoms with Crippen molar-refractivity contribution in [3.63, 3.8) is 0 Å². The summed E-state index contributed by atoms with van der Waals surface area (Å²) in [5.74, 6) is 0.679. The van der Waals surface area contributed by atoms with E-state index in [1.54, 1.807) is 26.3 Å². The molecule has 1 aromatic carbocycles. The fourth-order valence-corrected chi connectivity index (χ4v) is 1.54. The van der Waals surface area contributed by atoms with Crippen LogP contribution < -0.4 is 20.7 Å². The molecular weight excluding hydrogens is 218 g/mol. The molecule has 0 bridgehead atoms. The molecule has 5 heteroatoms. The van der Waals surface area contributed by atoms with Crippen LogP contribution in [-0.2, 0) is 4.79 Å². The highest BCUT2D eigenvalue weighted by molar-refractivity contribution is 5.83. The van der Waals surface area contributed by atoms with Crippen LogP contribution in [0.5, 0.6) is 5.75 Å². The maximum Gasteiger partial charge on any atom is 0.239 e. The number of ether oxygens (including phenoxy) is 1. The summed E-state index contributed by atoms with van der Waals surface area (Å²) in [5.41, 5.74) is 7.36. The number of rotatable bonds is 5. The summed E-state index contributed by atoms with van der Waals surface area (Å²) >= 11 is 0. The number of nitrogens with two attached hydrogens (primary N) is 1. The predicted molar refractivity (Wildman–Crippen MR) is 69.4 cm³/mol. The Hall–Kier alpha value is -1.91. The summed E-state index contributed by atoms with van der Waals surface area (Å²) in [7, 11) is 3.22. The van der Waals surface area contributed by atoms with Crippen LogP contribution in [0, 0.1) is 0 Å². The van der Waals surface area contributed by atoms with Crippen molar-refractivity contribution in [1.29, 1.82) is 0 Å². The molecule has 5 nitrogen and oxygen atoms in total. The second kappa shape index (κ2) is 5.98. The van der Waals surface area contributed by atoms with Crippen LogP contribution in [0.4, 0.5) is 11.4 Å². The second-order valence-corrected chi connectivity index (χ2v) is 3.61. The van der Waals surface area contributed by atoms with E-state index in [1.807, 2.05) is 17.9 Å². The molecule has 0 aliphatic heterocycles. The Kier molecular flexibility index (Phi) is 4.63. The molecule has 94 valence electrons. The fraction of sp³-hybridized carbons (Fsp3) is 0.417. The van der Waals surface area contributed by atoms with Gasteiger partial charge in [-0.15, -0.1) is 0 Å². The van der Waals surface area contributed by atoms with E-state index < -0.39 is 0 Å². The maximum atomic E-state index is 11.4. The average molecular weight is 237 g/mol. The quantitative estimate of drug-likeness (QED) is 0.745. The van der Waals surface area contributed by atoms with E-state index in [2.05, 4.69) is 5.32 Å². The van der Waals surface area contributed by atoms with E-state index >= 15 is 0 Å². The number of carbonyl (C=O) groups is 1. The first-order valence-corrected chi connectivity index (χ1v) is 5.51. The van der Waals surface area contributed by atoms with Gasteiger partial charge >= 0.3 is 0 Å². The SMILES string of the molecule is CCN(CC(=O)NC)c1cc(OC)ccc1N. The van der Waals surface area contributed by atoms with Crippen LogP contribution in [0.15, 0.2) is 18.2 Å². The summed E-state index contributed by atoms with van der Waals surface area (Å²) in [6, 6.07) is 5.41. The minimum Gasteiger partial charge on any atom is -0.497 e. The molecule has 0 aliphatic carbocycles. The van der Waals surface area contributed by atoms with E-state index in [1.165, 1.54) is 0 Å². The van der Waals surface area contributed by atoms with Crippen molar-refractivity contribution >= 4 is 17.3 Å². The molecule has 1 amide bonds. The van der Waals surface area contributed by atoms with Gasteiger partial charge in [-0.1, -0.05) is 0 Å². The number of nitrogens with one attached hydrogen (secondary N) is 1. The summed E-state index contributed by atoms with van der Waals surface area (Å²) < 4.78 is 5.15. The number of amides is 1. The standard InChI is InChI=1S/C12H19N3O2/c1-4-15(8-12(16)14-2)11-7-9(17-3)5-6-10(11)13/h5-7H,4,8,13H2,1-3H3,(H,14,16). The van der Waals surface area contributed by atoms with Crippen LogP contribution in [0.25, 0.3) is 0 Å². The smallest absolute Gasteiger partial charge is 0.239 e. The van der Waals surface area contributed by atoms with Crippen molar-refractivity contribution in [1.82, 2.24) is 5.32 Å². The molecule has 0 saturated heterocycles. The van der Waals surface area contributed by atoms with Gasteiger partial charge in [0.2, 0.25) is 5.91 Å². The van der Waals surface area contributed by atoms with Crippen molar-refractivity contribution in [2.24, 2.45) is 0 Å². The van der Waals surface area contributed by atoms with E-state index in [0.717, 1.165) is 11.4 Å². The molecule has 0 aromatic heterocycles. The largest absolute Gasteiger partial charge is 0.497 e. The minimum absolute atomic E-state index is 0.0472. The lowest BCUT2D eigenvalue weighted by atomic mass is 10.2. The van der Waals surface area contributed by atoms with Crippen LogP contribution >= 0.6 is 0 Å². The molecule has 0 unspecified atom stereocenters. The van der Waals surface area contributed by atoms with Gasteiger partial charge in [0, 0.05) is 19.7 Å². The van der Waals surface area contributed by atoms with Gasteiger partial charge in [0.1, 0.15) is 5.75 Å². The summed E-state index contributed by atoms with van der Waals surface area (Å²) in [5, 5.41) is 2.59. The predicted octanol–water partition coefficient (Wildman–Crippen LogP) is 0.850. The van der Waals surface area contributed by atoms with Gasteiger partial charge < -0.3 is 20.7 Å². The highest BCUT2D eigenvalue weighted by atomic mass is 16.5. The van der Waals surface area contributed by atoms with Gasteiger partial charge in [0.05, 0.1) is 25.0 Å². The molecule has 17 heavy (non-hydrogen) atoms.